The number of aromatic nitrogens is 2. The molecule has 0 spiro atoms. The zero-order valence-electron chi connectivity index (χ0n) is 14.8. The molecule has 130 valence electrons. The van der Waals surface area contributed by atoms with Crippen LogP contribution < -0.4 is 5.73 Å². The molecule has 5 nitrogen and oxygen atoms in total. The predicted octanol–water partition coefficient (Wildman–Crippen LogP) is 3.28. The minimum atomic E-state index is -0.333. The van der Waals surface area contributed by atoms with Crippen LogP contribution >= 0.6 is 0 Å². The Balaban J connectivity index is 0.00000109. The van der Waals surface area contributed by atoms with Gasteiger partial charge in [-0.15, -0.1) is 0 Å². The SMILES string of the molecule is CCOC(=O)c1cncc(Cc2ccc3nc(C)ccc3c2)c1.CN. The third-order valence-corrected chi connectivity index (χ3v) is 3.61. The maximum atomic E-state index is 11.8. The Labute approximate surface area is 147 Å². The number of carbonyl (C=O) groups excluding carboxylic acids is 1. The summed E-state index contributed by atoms with van der Waals surface area (Å²) in [4.78, 5) is 20.4. The summed E-state index contributed by atoms with van der Waals surface area (Å²) in [7, 11) is 1.50. The fraction of sp³-hybridized carbons (Fsp3) is 0.250. The van der Waals surface area contributed by atoms with Gasteiger partial charge in [0, 0.05) is 23.5 Å². The summed E-state index contributed by atoms with van der Waals surface area (Å²) < 4.78 is 5.01. The van der Waals surface area contributed by atoms with Crippen LogP contribution in [0.2, 0.25) is 0 Å². The average molecular weight is 337 g/mol. The van der Waals surface area contributed by atoms with Gasteiger partial charge in [0.1, 0.15) is 0 Å². The third kappa shape index (κ3) is 4.84. The molecule has 0 bridgehead atoms. The van der Waals surface area contributed by atoms with Crippen molar-refractivity contribution in [1.82, 2.24) is 9.97 Å². The van der Waals surface area contributed by atoms with E-state index in [0.717, 1.165) is 27.7 Å². The Morgan fingerprint density at radius 1 is 1.08 bits per heavy atom. The number of benzene rings is 1. The first-order valence-electron chi connectivity index (χ1n) is 8.21. The Morgan fingerprint density at radius 3 is 2.64 bits per heavy atom. The zero-order chi connectivity index (χ0) is 18.2. The number of hydrogen-bond donors (Lipinski definition) is 1. The minimum Gasteiger partial charge on any atom is -0.462 e. The number of nitrogens with zero attached hydrogens (tertiary/aromatic N) is 2. The van der Waals surface area contributed by atoms with E-state index < -0.39 is 0 Å². The highest BCUT2D eigenvalue weighted by molar-refractivity contribution is 5.89. The first-order chi connectivity index (χ1) is 12.2. The third-order valence-electron chi connectivity index (χ3n) is 3.61. The monoisotopic (exact) mass is 337 g/mol. The second-order valence-corrected chi connectivity index (χ2v) is 5.46. The summed E-state index contributed by atoms with van der Waals surface area (Å²) in [6.45, 7) is 4.14. The van der Waals surface area contributed by atoms with E-state index in [-0.39, 0.29) is 5.97 Å². The second-order valence-electron chi connectivity index (χ2n) is 5.46. The van der Waals surface area contributed by atoms with E-state index in [9.17, 15) is 4.79 Å². The summed E-state index contributed by atoms with van der Waals surface area (Å²) in [5.74, 6) is -0.333. The molecule has 1 aromatic carbocycles. The van der Waals surface area contributed by atoms with E-state index in [4.69, 9.17) is 4.74 Å². The standard InChI is InChI=1S/C19H18N2O2.CH5N/c1-3-23-19(22)17-10-15(11-20-12-17)8-14-5-7-18-16(9-14)6-4-13(2)21-18;1-2/h4-7,9-12H,3,8H2,1-2H3;2H2,1H3. The van der Waals surface area contributed by atoms with Crippen molar-refractivity contribution in [2.75, 3.05) is 13.7 Å². The highest BCUT2D eigenvalue weighted by atomic mass is 16.5. The van der Waals surface area contributed by atoms with Gasteiger partial charge in [0.05, 0.1) is 17.7 Å². The maximum Gasteiger partial charge on any atom is 0.339 e. The van der Waals surface area contributed by atoms with Gasteiger partial charge in [0.2, 0.25) is 0 Å². The van der Waals surface area contributed by atoms with Gasteiger partial charge in [-0.1, -0.05) is 12.1 Å². The number of fused-ring (bicyclic) bond motifs is 1. The van der Waals surface area contributed by atoms with Crippen LogP contribution in [0.5, 0.6) is 0 Å². The minimum absolute atomic E-state index is 0.333. The number of esters is 1. The van der Waals surface area contributed by atoms with Gasteiger partial charge < -0.3 is 10.5 Å². The summed E-state index contributed by atoms with van der Waals surface area (Å²) in [5.41, 5.74) is 9.13. The number of pyridine rings is 2. The van der Waals surface area contributed by atoms with Gasteiger partial charge in [0.15, 0.2) is 0 Å². The van der Waals surface area contributed by atoms with Crippen molar-refractivity contribution in [3.8, 4) is 0 Å². The van der Waals surface area contributed by atoms with Gasteiger partial charge in [0.25, 0.3) is 0 Å². The molecule has 0 fully saturated rings. The normalized spacial score (nSPS) is 10.1. The van der Waals surface area contributed by atoms with E-state index in [2.05, 4.69) is 33.9 Å². The number of carbonyl (C=O) groups is 1. The summed E-state index contributed by atoms with van der Waals surface area (Å²) >= 11 is 0. The lowest BCUT2D eigenvalue weighted by Gasteiger charge is -2.06. The zero-order valence-corrected chi connectivity index (χ0v) is 14.8. The molecule has 0 saturated heterocycles. The molecule has 5 heteroatoms. The summed E-state index contributed by atoms with van der Waals surface area (Å²) in [6.07, 6.45) is 4.03. The van der Waals surface area contributed by atoms with Crippen molar-refractivity contribution < 1.29 is 9.53 Å². The molecule has 2 heterocycles. The highest BCUT2D eigenvalue weighted by Crippen LogP contribution is 2.18. The van der Waals surface area contributed by atoms with Crippen LogP contribution in [0.4, 0.5) is 0 Å². The molecule has 3 aromatic rings. The summed E-state index contributed by atoms with van der Waals surface area (Å²) in [5, 5.41) is 1.11. The molecule has 2 aromatic heterocycles. The quantitative estimate of drug-likeness (QED) is 0.739. The first-order valence-corrected chi connectivity index (χ1v) is 8.21. The fourth-order valence-corrected chi connectivity index (χ4v) is 2.53. The van der Waals surface area contributed by atoms with E-state index in [1.165, 1.54) is 13.2 Å². The van der Waals surface area contributed by atoms with E-state index in [1.54, 1.807) is 13.1 Å². The van der Waals surface area contributed by atoms with E-state index in [1.807, 2.05) is 25.1 Å². The van der Waals surface area contributed by atoms with Crippen molar-refractivity contribution >= 4 is 16.9 Å². The molecular formula is C20H23N3O2. The lowest BCUT2D eigenvalue weighted by atomic mass is 10.0. The van der Waals surface area contributed by atoms with Crippen LogP contribution in [0, 0.1) is 6.92 Å². The number of nitrogens with two attached hydrogens (primary N) is 1. The molecule has 0 aliphatic carbocycles. The molecule has 0 saturated carbocycles. The topological polar surface area (TPSA) is 78.1 Å². The van der Waals surface area contributed by atoms with Crippen LogP contribution in [-0.2, 0) is 11.2 Å². The Morgan fingerprint density at radius 2 is 1.88 bits per heavy atom. The molecule has 0 aliphatic heterocycles. The molecular weight excluding hydrogens is 314 g/mol. The maximum absolute atomic E-state index is 11.8. The Bertz CT molecular complexity index is 862. The molecule has 0 radical (unpaired) electrons. The van der Waals surface area contributed by atoms with Crippen LogP contribution in [0.25, 0.3) is 10.9 Å². The van der Waals surface area contributed by atoms with E-state index in [0.29, 0.717) is 18.6 Å². The average Bonchev–Trinajstić information content (AvgIpc) is 2.64. The smallest absolute Gasteiger partial charge is 0.339 e. The van der Waals surface area contributed by atoms with Gasteiger partial charge in [-0.25, -0.2) is 4.79 Å². The van der Waals surface area contributed by atoms with Crippen molar-refractivity contribution in [3.05, 3.63) is 71.2 Å². The molecule has 0 atom stereocenters. The molecule has 3 rings (SSSR count). The van der Waals surface area contributed by atoms with Crippen LogP contribution in [-0.4, -0.2) is 29.6 Å². The van der Waals surface area contributed by atoms with Crippen molar-refractivity contribution in [3.63, 3.8) is 0 Å². The Hall–Kier alpha value is -2.79. The van der Waals surface area contributed by atoms with E-state index >= 15 is 0 Å². The van der Waals surface area contributed by atoms with Crippen LogP contribution in [0.1, 0.15) is 34.1 Å². The first kappa shape index (κ1) is 18.5. The van der Waals surface area contributed by atoms with Gasteiger partial charge >= 0.3 is 5.97 Å². The van der Waals surface area contributed by atoms with Crippen molar-refractivity contribution in [1.29, 1.82) is 0 Å². The number of ether oxygens (including phenoxy) is 1. The number of aryl methyl sites for hydroxylation is 1. The van der Waals surface area contributed by atoms with Gasteiger partial charge in [-0.05, 0) is 62.7 Å². The summed E-state index contributed by atoms with van der Waals surface area (Å²) in [6, 6.07) is 12.1. The van der Waals surface area contributed by atoms with Crippen molar-refractivity contribution in [2.45, 2.75) is 20.3 Å². The predicted molar refractivity (Wildman–Crippen MR) is 99.6 cm³/mol. The molecule has 2 N–H and O–H groups in total. The lowest BCUT2D eigenvalue weighted by molar-refractivity contribution is 0.0525. The highest BCUT2D eigenvalue weighted by Gasteiger charge is 2.08. The van der Waals surface area contributed by atoms with Crippen LogP contribution in [0.3, 0.4) is 0 Å². The van der Waals surface area contributed by atoms with Crippen LogP contribution in [0.15, 0.2) is 48.8 Å². The fourth-order valence-electron chi connectivity index (χ4n) is 2.53. The second kappa shape index (κ2) is 8.89. The van der Waals surface area contributed by atoms with Gasteiger partial charge in [-0.3, -0.25) is 9.97 Å². The van der Waals surface area contributed by atoms with Gasteiger partial charge in [-0.2, -0.15) is 0 Å². The molecule has 0 aliphatic rings. The number of hydrogen-bond acceptors (Lipinski definition) is 5. The molecule has 25 heavy (non-hydrogen) atoms. The largest absolute Gasteiger partial charge is 0.462 e. The number of rotatable bonds is 4. The Kier molecular flexibility index (Phi) is 6.60. The lowest BCUT2D eigenvalue weighted by Crippen LogP contribution is -2.06. The molecule has 0 amide bonds. The van der Waals surface area contributed by atoms with Crippen molar-refractivity contribution in [2.24, 2.45) is 5.73 Å². The molecule has 0 unspecified atom stereocenters.